The Balaban J connectivity index is 1.45. The summed E-state index contributed by atoms with van der Waals surface area (Å²) < 4.78 is 4.73. The Morgan fingerprint density at radius 1 is 1.12 bits per heavy atom. The van der Waals surface area contributed by atoms with Crippen LogP contribution in [0, 0.1) is 23.7 Å². The number of amides is 3. The Hall–Kier alpha value is -2.18. The van der Waals surface area contributed by atoms with Crippen molar-refractivity contribution in [3.05, 3.63) is 12.2 Å². The zero-order valence-corrected chi connectivity index (χ0v) is 14.9. The molecule has 2 saturated heterocycles. The summed E-state index contributed by atoms with van der Waals surface area (Å²) >= 11 is 0. The minimum Gasteiger partial charge on any atom is -0.469 e. The first-order chi connectivity index (χ1) is 12.5. The van der Waals surface area contributed by atoms with E-state index >= 15 is 0 Å². The lowest BCUT2D eigenvalue weighted by molar-refractivity contribution is -0.150. The highest BCUT2D eigenvalue weighted by molar-refractivity contribution is 6.08. The van der Waals surface area contributed by atoms with E-state index in [1.165, 1.54) is 7.11 Å². The summed E-state index contributed by atoms with van der Waals surface area (Å²) in [6.45, 7) is 0.345. The smallest absolute Gasteiger partial charge is 0.307 e. The molecule has 2 heterocycles. The average molecular weight is 360 g/mol. The standard InChI is InChI=1S/C19H24N2O5/c1-26-15(23)9-13-4-2-3-7-20(13)14(22)10-21-18(24)16-11-5-6-12(8-11)17(16)19(21)25/h5-6,11-13,16-17H,2-4,7-10H2,1H3/t11-,12-,13-,16+,17+/m0/s1. The summed E-state index contributed by atoms with van der Waals surface area (Å²) in [7, 11) is 1.33. The summed E-state index contributed by atoms with van der Waals surface area (Å²) in [6, 6.07) is -0.214. The number of likely N-dealkylation sites (tertiary alicyclic amines) is 2. The van der Waals surface area contributed by atoms with Gasteiger partial charge < -0.3 is 9.64 Å². The van der Waals surface area contributed by atoms with Crippen molar-refractivity contribution in [3.8, 4) is 0 Å². The first kappa shape index (κ1) is 17.2. The van der Waals surface area contributed by atoms with E-state index in [0.29, 0.717) is 6.54 Å². The molecule has 4 rings (SSSR count). The molecule has 3 fully saturated rings. The van der Waals surface area contributed by atoms with Gasteiger partial charge in [0.2, 0.25) is 17.7 Å². The maximum atomic E-state index is 12.8. The third-order valence-corrected chi connectivity index (χ3v) is 6.43. The Labute approximate surface area is 152 Å². The molecule has 0 aromatic rings. The predicted octanol–water partition coefficient (Wildman–Crippen LogP) is 0.738. The van der Waals surface area contributed by atoms with E-state index in [4.69, 9.17) is 4.74 Å². The monoisotopic (exact) mass is 360 g/mol. The molecule has 1 saturated carbocycles. The summed E-state index contributed by atoms with van der Waals surface area (Å²) in [5, 5.41) is 0. The fourth-order valence-corrected chi connectivity index (χ4v) is 5.16. The van der Waals surface area contributed by atoms with E-state index in [-0.39, 0.29) is 66.4 Å². The number of hydrogen-bond donors (Lipinski definition) is 0. The summed E-state index contributed by atoms with van der Waals surface area (Å²) in [5.74, 6) is -1.28. The first-order valence-electron chi connectivity index (χ1n) is 9.41. The molecule has 7 heteroatoms. The van der Waals surface area contributed by atoms with Gasteiger partial charge in [0, 0.05) is 12.6 Å². The maximum absolute atomic E-state index is 12.8. The van der Waals surface area contributed by atoms with Crippen LogP contribution >= 0.6 is 0 Å². The van der Waals surface area contributed by atoms with Gasteiger partial charge in [0.05, 0.1) is 25.4 Å². The molecule has 2 bridgehead atoms. The van der Waals surface area contributed by atoms with Gasteiger partial charge in [0.15, 0.2) is 0 Å². The second-order valence-corrected chi connectivity index (χ2v) is 7.78. The van der Waals surface area contributed by atoms with Gasteiger partial charge in [-0.2, -0.15) is 0 Å². The number of allylic oxidation sites excluding steroid dienone is 2. The topological polar surface area (TPSA) is 84.0 Å². The third-order valence-electron chi connectivity index (χ3n) is 6.43. The number of ether oxygens (including phenoxy) is 1. The number of methoxy groups -OCH3 is 1. The molecule has 7 nitrogen and oxygen atoms in total. The van der Waals surface area contributed by atoms with Crippen molar-refractivity contribution in [2.24, 2.45) is 23.7 Å². The quantitative estimate of drug-likeness (QED) is 0.419. The zero-order valence-electron chi connectivity index (χ0n) is 14.9. The van der Waals surface area contributed by atoms with Crippen molar-refractivity contribution in [1.82, 2.24) is 9.80 Å². The second-order valence-electron chi connectivity index (χ2n) is 7.78. The van der Waals surface area contributed by atoms with Gasteiger partial charge in [0.25, 0.3) is 0 Å². The molecule has 0 spiro atoms. The van der Waals surface area contributed by atoms with Crippen LogP contribution in [0.15, 0.2) is 12.2 Å². The van der Waals surface area contributed by atoms with Gasteiger partial charge >= 0.3 is 5.97 Å². The second kappa shape index (κ2) is 6.52. The number of carbonyl (C=O) groups excluding carboxylic acids is 4. The largest absolute Gasteiger partial charge is 0.469 e. The number of esters is 1. The van der Waals surface area contributed by atoms with Crippen molar-refractivity contribution in [1.29, 1.82) is 0 Å². The number of imide groups is 1. The molecule has 5 atom stereocenters. The zero-order chi connectivity index (χ0) is 18.4. The molecular formula is C19H24N2O5. The van der Waals surface area contributed by atoms with Gasteiger partial charge in [-0.15, -0.1) is 0 Å². The van der Waals surface area contributed by atoms with Crippen LogP contribution in [-0.2, 0) is 23.9 Å². The highest BCUT2D eigenvalue weighted by Gasteiger charge is 2.59. The molecular weight excluding hydrogens is 336 g/mol. The minimum absolute atomic E-state index is 0.142. The van der Waals surface area contributed by atoms with Crippen LogP contribution in [-0.4, -0.2) is 59.7 Å². The first-order valence-corrected chi connectivity index (χ1v) is 9.41. The molecule has 2 aliphatic heterocycles. The van der Waals surface area contributed by atoms with Gasteiger partial charge in [-0.05, 0) is 37.5 Å². The summed E-state index contributed by atoms with van der Waals surface area (Å²) in [4.78, 5) is 52.7. The summed E-state index contributed by atoms with van der Waals surface area (Å²) in [6.07, 6.45) is 7.67. The molecule has 26 heavy (non-hydrogen) atoms. The van der Waals surface area contributed by atoms with Gasteiger partial charge in [-0.25, -0.2) is 0 Å². The SMILES string of the molecule is COC(=O)C[C@@H]1CCCCN1C(=O)CN1C(=O)[C@H]2[C@H](C1=O)[C@H]1C=C[C@H]2C1. The lowest BCUT2D eigenvalue weighted by atomic mass is 9.85. The fourth-order valence-electron chi connectivity index (χ4n) is 5.16. The van der Waals surface area contributed by atoms with Crippen LogP contribution in [0.25, 0.3) is 0 Å². The molecule has 140 valence electrons. The van der Waals surface area contributed by atoms with E-state index in [1.54, 1.807) is 4.90 Å². The minimum atomic E-state index is -0.347. The molecule has 2 aliphatic carbocycles. The number of nitrogens with zero attached hydrogens (tertiary/aromatic N) is 2. The van der Waals surface area contributed by atoms with E-state index in [9.17, 15) is 19.2 Å². The molecule has 0 aromatic carbocycles. The highest BCUT2D eigenvalue weighted by atomic mass is 16.5. The molecule has 0 N–H and O–H groups in total. The number of piperidine rings is 1. The van der Waals surface area contributed by atoms with Crippen molar-refractivity contribution in [3.63, 3.8) is 0 Å². The van der Waals surface area contributed by atoms with Crippen LogP contribution < -0.4 is 0 Å². The van der Waals surface area contributed by atoms with Crippen LogP contribution in [0.2, 0.25) is 0 Å². The molecule has 0 unspecified atom stereocenters. The maximum Gasteiger partial charge on any atom is 0.307 e. The Morgan fingerprint density at radius 3 is 2.38 bits per heavy atom. The van der Waals surface area contributed by atoms with Crippen LogP contribution in [0.3, 0.4) is 0 Å². The number of carbonyl (C=O) groups is 4. The lowest BCUT2D eigenvalue weighted by Crippen LogP contribution is -2.50. The summed E-state index contributed by atoms with van der Waals surface area (Å²) in [5.41, 5.74) is 0. The predicted molar refractivity (Wildman–Crippen MR) is 90.4 cm³/mol. The van der Waals surface area contributed by atoms with E-state index in [2.05, 4.69) is 0 Å². The van der Waals surface area contributed by atoms with Gasteiger partial charge in [0.1, 0.15) is 6.54 Å². The molecule has 0 aromatic heterocycles. The van der Waals surface area contributed by atoms with E-state index < -0.39 is 0 Å². The van der Waals surface area contributed by atoms with Crippen molar-refractivity contribution < 1.29 is 23.9 Å². The number of rotatable bonds is 4. The Morgan fingerprint density at radius 2 is 1.77 bits per heavy atom. The van der Waals surface area contributed by atoms with Gasteiger partial charge in [-0.3, -0.25) is 24.1 Å². The third kappa shape index (κ3) is 2.64. The highest BCUT2D eigenvalue weighted by Crippen LogP contribution is 2.52. The van der Waals surface area contributed by atoms with Crippen molar-refractivity contribution in [2.45, 2.75) is 38.1 Å². The van der Waals surface area contributed by atoms with Crippen molar-refractivity contribution >= 4 is 23.7 Å². The fraction of sp³-hybridized carbons (Fsp3) is 0.684. The van der Waals surface area contributed by atoms with Gasteiger partial charge in [-0.1, -0.05) is 12.2 Å². The van der Waals surface area contributed by atoms with E-state index in [1.807, 2.05) is 12.2 Å². The van der Waals surface area contributed by atoms with Crippen LogP contribution in [0.4, 0.5) is 0 Å². The Bertz CT molecular complexity index is 657. The lowest BCUT2D eigenvalue weighted by Gasteiger charge is -2.36. The molecule has 3 amide bonds. The van der Waals surface area contributed by atoms with Crippen LogP contribution in [0.5, 0.6) is 0 Å². The average Bonchev–Trinajstić information content (AvgIpc) is 3.32. The number of hydrogen-bond acceptors (Lipinski definition) is 5. The van der Waals surface area contributed by atoms with Crippen molar-refractivity contribution in [2.75, 3.05) is 20.2 Å². The number of fused-ring (bicyclic) bond motifs is 5. The molecule has 4 aliphatic rings. The van der Waals surface area contributed by atoms with Crippen LogP contribution in [0.1, 0.15) is 32.1 Å². The Kier molecular flexibility index (Phi) is 4.32. The molecule has 0 radical (unpaired) electrons. The van der Waals surface area contributed by atoms with E-state index in [0.717, 1.165) is 30.6 Å². The normalized spacial score (nSPS) is 35.2.